The first-order valence-electron chi connectivity index (χ1n) is 7.48. The molecule has 2 aromatic rings. The molecule has 0 bridgehead atoms. The highest BCUT2D eigenvalue weighted by atomic mass is 32.2. The molecule has 3 rings (SSSR count). The summed E-state index contributed by atoms with van der Waals surface area (Å²) in [6.45, 7) is 4.07. The maximum absolute atomic E-state index is 12.4. The first kappa shape index (κ1) is 15.2. The molecule has 0 aliphatic carbocycles. The molecule has 1 aliphatic rings. The van der Waals surface area contributed by atoms with Gasteiger partial charge in [-0.3, -0.25) is 0 Å². The van der Waals surface area contributed by atoms with Crippen LogP contribution in [0.5, 0.6) is 0 Å². The van der Waals surface area contributed by atoms with Crippen LogP contribution < -0.4 is 10.0 Å². The van der Waals surface area contributed by atoms with E-state index < -0.39 is 10.0 Å². The van der Waals surface area contributed by atoms with E-state index in [9.17, 15) is 8.42 Å². The Bertz CT molecular complexity index is 785. The lowest BCUT2D eigenvalue weighted by Crippen LogP contribution is -2.23. The van der Waals surface area contributed by atoms with E-state index in [1.165, 1.54) is 11.1 Å². The van der Waals surface area contributed by atoms with Gasteiger partial charge in [-0.2, -0.15) is 0 Å². The number of benzene rings is 2. The van der Waals surface area contributed by atoms with Crippen molar-refractivity contribution >= 4 is 10.0 Å². The van der Waals surface area contributed by atoms with Gasteiger partial charge in [0.15, 0.2) is 0 Å². The molecule has 0 atom stereocenters. The van der Waals surface area contributed by atoms with Gasteiger partial charge < -0.3 is 5.32 Å². The van der Waals surface area contributed by atoms with Gasteiger partial charge in [-0.1, -0.05) is 37.3 Å². The molecule has 4 nitrogen and oxygen atoms in total. The highest BCUT2D eigenvalue weighted by Crippen LogP contribution is 2.18. The molecular weight excluding hydrogens is 296 g/mol. The first-order chi connectivity index (χ1) is 10.6. The number of fused-ring (bicyclic) bond motifs is 1. The van der Waals surface area contributed by atoms with Crippen LogP contribution in [-0.2, 0) is 36.1 Å². The Hall–Kier alpha value is -1.69. The van der Waals surface area contributed by atoms with Crippen LogP contribution in [0.2, 0.25) is 0 Å². The summed E-state index contributed by atoms with van der Waals surface area (Å²) in [4.78, 5) is 0.328. The zero-order valence-corrected chi connectivity index (χ0v) is 13.4. The van der Waals surface area contributed by atoms with Crippen LogP contribution in [0.15, 0.2) is 47.4 Å². The minimum absolute atomic E-state index is 0.311. The monoisotopic (exact) mass is 316 g/mol. The fraction of sp³-hybridized carbons (Fsp3) is 0.294. The smallest absolute Gasteiger partial charge is 0.240 e. The summed E-state index contributed by atoms with van der Waals surface area (Å²) in [5, 5.41) is 3.29. The quantitative estimate of drug-likeness (QED) is 0.890. The molecule has 116 valence electrons. The molecule has 0 saturated carbocycles. The van der Waals surface area contributed by atoms with Gasteiger partial charge in [-0.25, -0.2) is 13.1 Å². The molecule has 0 spiro atoms. The van der Waals surface area contributed by atoms with Gasteiger partial charge >= 0.3 is 0 Å². The van der Waals surface area contributed by atoms with Crippen LogP contribution in [-0.4, -0.2) is 8.42 Å². The Labute approximate surface area is 131 Å². The van der Waals surface area contributed by atoms with Crippen LogP contribution >= 0.6 is 0 Å². The fourth-order valence-electron chi connectivity index (χ4n) is 2.65. The summed E-state index contributed by atoms with van der Waals surface area (Å²) in [7, 11) is -3.47. The van der Waals surface area contributed by atoms with E-state index in [4.69, 9.17) is 0 Å². The van der Waals surface area contributed by atoms with Gasteiger partial charge in [0.1, 0.15) is 0 Å². The maximum atomic E-state index is 12.4. The zero-order valence-electron chi connectivity index (χ0n) is 12.6. The molecule has 0 unspecified atom stereocenters. The van der Waals surface area contributed by atoms with E-state index in [1.807, 2.05) is 19.1 Å². The second-order valence-corrected chi connectivity index (χ2v) is 7.30. The number of rotatable bonds is 5. The summed E-state index contributed by atoms with van der Waals surface area (Å²) in [6.07, 6.45) is 0.821. The third-order valence-electron chi connectivity index (χ3n) is 3.98. The molecule has 0 fully saturated rings. The van der Waals surface area contributed by atoms with Crippen molar-refractivity contribution in [3.05, 3.63) is 64.7 Å². The molecule has 2 aromatic carbocycles. The molecule has 1 heterocycles. The summed E-state index contributed by atoms with van der Waals surface area (Å²) >= 11 is 0. The number of hydrogen-bond donors (Lipinski definition) is 2. The zero-order chi connectivity index (χ0) is 15.6. The molecule has 5 heteroatoms. The van der Waals surface area contributed by atoms with Crippen LogP contribution in [0.1, 0.15) is 29.2 Å². The van der Waals surface area contributed by atoms with Crippen molar-refractivity contribution < 1.29 is 8.42 Å². The van der Waals surface area contributed by atoms with E-state index in [0.717, 1.165) is 30.6 Å². The lowest BCUT2D eigenvalue weighted by molar-refractivity contribution is 0.581. The standard InChI is InChI=1S/C17H20N2O2S/c1-2-13-4-3-5-17(9-13)22(20,21)19-10-14-6-7-15-11-18-12-16(15)8-14/h3-9,18-19H,2,10-12H2,1H3. The Balaban J connectivity index is 1.74. The number of nitrogens with one attached hydrogen (secondary N) is 2. The van der Waals surface area contributed by atoms with Crippen LogP contribution in [0.25, 0.3) is 0 Å². The highest BCUT2D eigenvalue weighted by Gasteiger charge is 2.15. The van der Waals surface area contributed by atoms with Crippen molar-refractivity contribution in [3.8, 4) is 0 Å². The normalized spacial score (nSPS) is 14.0. The minimum atomic E-state index is -3.47. The van der Waals surface area contributed by atoms with Gasteiger partial charge in [-0.15, -0.1) is 0 Å². The first-order valence-corrected chi connectivity index (χ1v) is 8.97. The van der Waals surface area contributed by atoms with Crippen molar-refractivity contribution in [2.45, 2.75) is 37.9 Å². The van der Waals surface area contributed by atoms with Crippen molar-refractivity contribution in [3.63, 3.8) is 0 Å². The lowest BCUT2D eigenvalue weighted by atomic mass is 10.1. The molecule has 1 aliphatic heterocycles. The van der Waals surface area contributed by atoms with E-state index in [1.54, 1.807) is 18.2 Å². The molecule has 2 N–H and O–H groups in total. The second-order valence-electron chi connectivity index (χ2n) is 5.53. The Morgan fingerprint density at radius 1 is 1.05 bits per heavy atom. The Morgan fingerprint density at radius 3 is 2.68 bits per heavy atom. The molecule has 0 saturated heterocycles. The lowest BCUT2D eigenvalue weighted by Gasteiger charge is -2.09. The largest absolute Gasteiger partial charge is 0.309 e. The highest BCUT2D eigenvalue weighted by molar-refractivity contribution is 7.89. The summed E-state index contributed by atoms with van der Waals surface area (Å²) < 4.78 is 27.5. The van der Waals surface area contributed by atoms with E-state index in [-0.39, 0.29) is 0 Å². The predicted molar refractivity (Wildman–Crippen MR) is 86.8 cm³/mol. The minimum Gasteiger partial charge on any atom is -0.309 e. The van der Waals surface area contributed by atoms with Gasteiger partial charge in [0, 0.05) is 19.6 Å². The Morgan fingerprint density at radius 2 is 1.86 bits per heavy atom. The molecular formula is C17H20N2O2S. The maximum Gasteiger partial charge on any atom is 0.240 e. The molecule has 0 amide bonds. The summed E-state index contributed by atoms with van der Waals surface area (Å²) in [5.41, 5.74) is 4.55. The number of aryl methyl sites for hydroxylation is 1. The second kappa shape index (κ2) is 6.20. The van der Waals surface area contributed by atoms with Crippen molar-refractivity contribution in [1.82, 2.24) is 10.0 Å². The van der Waals surface area contributed by atoms with E-state index in [0.29, 0.717) is 11.4 Å². The van der Waals surface area contributed by atoms with Crippen LogP contribution in [0, 0.1) is 0 Å². The van der Waals surface area contributed by atoms with Gasteiger partial charge in [0.25, 0.3) is 0 Å². The molecule has 0 radical (unpaired) electrons. The van der Waals surface area contributed by atoms with E-state index in [2.05, 4.69) is 22.2 Å². The SMILES string of the molecule is CCc1cccc(S(=O)(=O)NCc2ccc3c(c2)CNC3)c1. The summed E-state index contributed by atoms with van der Waals surface area (Å²) in [6, 6.07) is 13.2. The Kier molecular flexibility index (Phi) is 4.29. The van der Waals surface area contributed by atoms with Crippen molar-refractivity contribution in [1.29, 1.82) is 0 Å². The average Bonchev–Trinajstić information content (AvgIpc) is 3.00. The van der Waals surface area contributed by atoms with Crippen molar-refractivity contribution in [2.24, 2.45) is 0 Å². The van der Waals surface area contributed by atoms with Gasteiger partial charge in [0.2, 0.25) is 10.0 Å². The van der Waals surface area contributed by atoms with Crippen LogP contribution in [0.3, 0.4) is 0 Å². The topological polar surface area (TPSA) is 58.2 Å². The van der Waals surface area contributed by atoms with Crippen molar-refractivity contribution in [2.75, 3.05) is 0 Å². The third kappa shape index (κ3) is 3.21. The number of sulfonamides is 1. The third-order valence-corrected chi connectivity index (χ3v) is 5.38. The van der Waals surface area contributed by atoms with E-state index >= 15 is 0 Å². The number of hydrogen-bond acceptors (Lipinski definition) is 3. The van der Waals surface area contributed by atoms with Gasteiger partial charge in [0.05, 0.1) is 4.90 Å². The summed E-state index contributed by atoms with van der Waals surface area (Å²) in [5.74, 6) is 0. The molecule has 22 heavy (non-hydrogen) atoms. The van der Waals surface area contributed by atoms with Gasteiger partial charge in [-0.05, 0) is 40.8 Å². The average molecular weight is 316 g/mol. The predicted octanol–water partition coefficient (Wildman–Crippen LogP) is 2.33. The fourth-order valence-corrected chi connectivity index (χ4v) is 3.74. The molecule has 0 aromatic heterocycles. The van der Waals surface area contributed by atoms with Crippen LogP contribution in [0.4, 0.5) is 0 Å².